The van der Waals surface area contributed by atoms with Crippen LogP contribution in [0.15, 0.2) is 58.2 Å². The molecule has 0 radical (unpaired) electrons. The molecular weight excluding hydrogens is 320 g/mol. The molecule has 0 saturated heterocycles. The van der Waals surface area contributed by atoms with E-state index in [9.17, 15) is 0 Å². The van der Waals surface area contributed by atoms with Gasteiger partial charge >= 0.3 is 0 Å². The second kappa shape index (κ2) is 6.96. The SMILES string of the molecule is COc1ccc(/C(N)=N/OCc2cccc(Br)c2)cc1. The maximum absolute atomic E-state index is 5.86. The Labute approximate surface area is 126 Å². The van der Waals surface area contributed by atoms with Gasteiger partial charge in [0.2, 0.25) is 0 Å². The van der Waals surface area contributed by atoms with E-state index in [4.69, 9.17) is 15.3 Å². The fourth-order valence-electron chi connectivity index (χ4n) is 1.62. The number of nitrogens with two attached hydrogens (primary N) is 1. The summed E-state index contributed by atoms with van der Waals surface area (Å²) >= 11 is 3.41. The van der Waals surface area contributed by atoms with E-state index < -0.39 is 0 Å². The highest BCUT2D eigenvalue weighted by molar-refractivity contribution is 9.10. The van der Waals surface area contributed by atoms with Crippen LogP contribution in [0.25, 0.3) is 0 Å². The van der Waals surface area contributed by atoms with E-state index in [0.29, 0.717) is 12.4 Å². The first kappa shape index (κ1) is 14.4. The molecule has 0 saturated carbocycles. The zero-order valence-electron chi connectivity index (χ0n) is 11.0. The molecule has 0 spiro atoms. The van der Waals surface area contributed by atoms with Crippen LogP contribution in [0, 0.1) is 0 Å². The van der Waals surface area contributed by atoms with Gasteiger partial charge < -0.3 is 15.3 Å². The summed E-state index contributed by atoms with van der Waals surface area (Å²) in [5, 5.41) is 3.91. The van der Waals surface area contributed by atoms with Crippen molar-refractivity contribution in [3.05, 3.63) is 64.1 Å². The Kier molecular flexibility index (Phi) is 5.01. The van der Waals surface area contributed by atoms with Crippen molar-refractivity contribution >= 4 is 21.8 Å². The van der Waals surface area contributed by atoms with Gasteiger partial charge in [-0.3, -0.25) is 0 Å². The van der Waals surface area contributed by atoms with Crippen molar-refractivity contribution in [2.75, 3.05) is 7.11 Å². The molecule has 0 aliphatic heterocycles. The molecule has 2 aromatic carbocycles. The van der Waals surface area contributed by atoms with Crippen LogP contribution in [0.5, 0.6) is 5.75 Å². The Morgan fingerprint density at radius 3 is 2.60 bits per heavy atom. The van der Waals surface area contributed by atoms with E-state index in [-0.39, 0.29) is 0 Å². The number of methoxy groups -OCH3 is 1. The third kappa shape index (κ3) is 3.99. The van der Waals surface area contributed by atoms with Crippen LogP contribution >= 0.6 is 15.9 Å². The number of oxime groups is 1. The Morgan fingerprint density at radius 2 is 1.95 bits per heavy atom. The Balaban J connectivity index is 1.96. The van der Waals surface area contributed by atoms with E-state index in [1.807, 2.05) is 48.5 Å². The van der Waals surface area contributed by atoms with Gasteiger partial charge in [0.25, 0.3) is 0 Å². The lowest BCUT2D eigenvalue weighted by Crippen LogP contribution is -2.13. The summed E-state index contributed by atoms with van der Waals surface area (Å²) in [6, 6.07) is 15.2. The molecule has 0 aliphatic rings. The maximum atomic E-state index is 5.86. The summed E-state index contributed by atoms with van der Waals surface area (Å²) in [7, 11) is 1.62. The predicted molar refractivity (Wildman–Crippen MR) is 82.6 cm³/mol. The van der Waals surface area contributed by atoms with E-state index >= 15 is 0 Å². The van der Waals surface area contributed by atoms with Crippen molar-refractivity contribution in [1.29, 1.82) is 0 Å². The Bertz CT molecular complexity index is 597. The first-order chi connectivity index (χ1) is 9.69. The normalized spacial score (nSPS) is 11.2. The summed E-state index contributed by atoms with van der Waals surface area (Å²) < 4.78 is 6.09. The fourth-order valence-corrected chi connectivity index (χ4v) is 2.06. The number of hydrogen-bond acceptors (Lipinski definition) is 3. The zero-order valence-corrected chi connectivity index (χ0v) is 12.6. The summed E-state index contributed by atoms with van der Waals surface area (Å²) in [5.74, 6) is 1.11. The standard InChI is InChI=1S/C15H15BrN2O2/c1-19-14-7-5-12(6-8-14)15(17)18-20-10-11-3-2-4-13(16)9-11/h2-9H,10H2,1H3,(H2,17,18). The summed E-state index contributed by atoms with van der Waals surface area (Å²) in [6.45, 7) is 0.371. The molecular formula is C15H15BrN2O2. The van der Waals surface area contributed by atoms with Crippen LogP contribution in [0.2, 0.25) is 0 Å². The van der Waals surface area contributed by atoms with E-state index in [2.05, 4.69) is 21.1 Å². The van der Waals surface area contributed by atoms with Gasteiger partial charge in [0.1, 0.15) is 12.4 Å². The Hall–Kier alpha value is -2.01. The lowest BCUT2D eigenvalue weighted by atomic mass is 10.2. The highest BCUT2D eigenvalue weighted by Crippen LogP contribution is 2.13. The van der Waals surface area contributed by atoms with Crippen LogP contribution in [0.1, 0.15) is 11.1 Å². The molecule has 104 valence electrons. The van der Waals surface area contributed by atoms with Crippen LogP contribution in [-0.4, -0.2) is 12.9 Å². The average Bonchev–Trinajstić information content (AvgIpc) is 2.47. The monoisotopic (exact) mass is 334 g/mol. The quantitative estimate of drug-likeness (QED) is 0.518. The number of hydrogen-bond donors (Lipinski definition) is 1. The maximum Gasteiger partial charge on any atom is 0.170 e. The molecule has 0 aliphatic carbocycles. The summed E-state index contributed by atoms with van der Waals surface area (Å²) in [6.07, 6.45) is 0. The van der Waals surface area contributed by atoms with Crippen molar-refractivity contribution in [3.8, 4) is 5.75 Å². The highest BCUT2D eigenvalue weighted by atomic mass is 79.9. The van der Waals surface area contributed by atoms with Gasteiger partial charge in [0.15, 0.2) is 5.84 Å². The molecule has 0 atom stereocenters. The number of nitrogens with zero attached hydrogens (tertiary/aromatic N) is 1. The van der Waals surface area contributed by atoms with E-state index in [1.165, 1.54) is 0 Å². The molecule has 0 bridgehead atoms. The second-order valence-corrected chi connectivity index (χ2v) is 5.02. The van der Waals surface area contributed by atoms with Crippen LogP contribution < -0.4 is 10.5 Å². The lowest BCUT2D eigenvalue weighted by Gasteiger charge is -2.04. The predicted octanol–water partition coefficient (Wildman–Crippen LogP) is 3.29. The van der Waals surface area contributed by atoms with E-state index in [0.717, 1.165) is 21.3 Å². The third-order valence-corrected chi connectivity index (χ3v) is 3.16. The molecule has 2 N–H and O–H groups in total. The number of rotatable bonds is 5. The minimum atomic E-state index is 0.336. The van der Waals surface area contributed by atoms with Gasteiger partial charge in [-0.15, -0.1) is 0 Å². The number of amidine groups is 1. The van der Waals surface area contributed by atoms with Gasteiger partial charge in [-0.2, -0.15) is 0 Å². The lowest BCUT2D eigenvalue weighted by molar-refractivity contribution is 0.130. The number of benzene rings is 2. The molecule has 2 aromatic rings. The first-order valence-electron chi connectivity index (χ1n) is 6.03. The van der Waals surface area contributed by atoms with Gasteiger partial charge in [0.05, 0.1) is 7.11 Å². The molecule has 0 fully saturated rings. The number of halogens is 1. The minimum Gasteiger partial charge on any atom is -0.497 e. The molecule has 5 heteroatoms. The van der Waals surface area contributed by atoms with Crippen molar-refractivity contribution < 1.29 is 9.57 Å². The first-order valence-corrected chi connectivity index (χ1v) is 6.82. The van der Waals surface area contributed by atoms with Crippen molar-refractivity contribution in [2.24, 2.45) is 10.9 Å². The van der Waals surface area contributed by atoms with Gasteiger partial charge in [0, 0.05) is 10.0 Å². The van der Waals surface area contributed by atoms with Crippen LogP contribution in [0.3, 0.4) is 0 Å². The largest absolute Gasteiger partial charge is 0.497 e. The highest BCUT2D eigenvalue weighted by Gasteiger charge is 2.00. The summed E-state index contributed by atoms with van der Waals surface area (Å²) in [5.41, 5.74) is 7.67. The molecule has 0 heterocycles. The Morgan fingerprint density at radius 1 is 1.20 bits per heavy atom. The molecule has 4 nitrogen and oxygen atoms in total. The van der Waals surface area contributed by atoms with Crippen molar-refractivity contribution in [3.63, 3.8) is 0 Å². The minimum absolute atomic E-state index is 0.336. The third-order valence-electron chi connectivity index (χ3n) is 2.67. The number of ether oxygens (including phenoxy) is 1. The average molecular weight is 335 g/mol. The molecule has 2 rings (SSSR count). The van der Waals surface area contributed by atoms with Crippen LogP contribution in [-0.2, 0) is 11.4 Å². The molecule has 0 aromatic heterocycles. The van der Waals surface area contributed by atoms with Gasteiger partial charge in [-0.05, 0) is 42.0 Å². The molecule has 20 heavy (non-hydrogen) atoms. The zero-order chi connectivity index (χ0) is 14.4. The molecule has 0 amide bonds. The van der Waals surface area contributed by atoms with Gasteiger partial charge in [-0.25, -0.2) is 0 Å². The van der Waals surface area contributed by atoms with Crippen molar-refractivity contribution in [1.82, 2.24) is 0 Å². The van der Waals surface area contributed by atoms with Crippen molar-refractivity contribution in [2.45, 2.75) is 6.61 Å². The van der Waals surface area contributed by atoms with Gasteiger partial charge in [-0.1, -0.05) is 33.2 Å². The smallest absolute Gasteiger partial charge is 0.170 e. The second-order valence-electron chi connectivity index (χ2n) is 4.11. The van der Waals surface area contributed by atoms with E-state index in [1.54, 1.807) is 7.11 Å². The molecule has 0 unspecified atom stereocenters. The van der Waals surface area contributed by atoms with Crippen LogP contribution in [0.4, 0.5) is 0 Å². The topological polar surface area (TPSA) is 56.8 Å². The fraction of sp³-hybridized carbons (Fsp3) is 0.133. The summed E-state index contributed by atoms with van der Waals surface area (Å²) in [4.78, 5) is 5.26.